The number of aromatic nitrogens is 5. The molecule has 4 aromatic rings. The van der Waals surface area contributed by atoms with E-state index < -0.39 is 22.8 Å². The van der Waals surface area contributed by atoms with E-state index in [4.69, 9.17) is 11.6 Å². The predicted molar refractivity (Wildman–Crippen MR) is 134 cm³/mol. The molecule has 0 bridgehead atoms. The Morgan fingerprint density at radius 3 is 2.53 bits per heavy atom. The molecule has 1 N–H and O–H groups in total. The van der Waals surface area contributed by atoms with Gasteiger partial charge in [-0.15, -0.1) is 11.8 Å². The zero-order valence-corrected chi connectivity index (χ0v) is 21.5. The van der Waals surface area contributed by atoms with Crippen molar-refractivity contribution in [3.05, 3.63) is 92.6 Å². The van der Waals surface area contributed by atoms with Crippen molar-refractivity contribution in [2.75, 3.05) is 0 Å². The number of hydrogen-bond acceptors (Lipinski definition) is 7. The van der Waals surface area contributed by atoms with E-state index in [2.05, 4.69) is 19.9 Å². The van der Waals surface area contributed by atoms with Gasteiger partial charge in [-0.25, -0.2) is 18.7 Å². The van der Waals surface area contributed by atoms with E-state index in [0.29, 0.717) is 27.7 Å². The van der Waals surface area contributed by atoms with Crippen LogP contribution in [0.2, 0.25) is 5.02 Å². The molecule has 4 aromatic heterocycles. The fourth-order valence-corrected chi connectivity index (χ4v) is 4.75. The van der Waals surface area contributed by atoms with Crippen molar-refractivity contribution >= 4 is 23.4 Å². The average molecular weight is 530 g/mol. The molecule has 7 nitrogen and oxygen atoms in total. The van der Waals surface area contributed by atoms with E-state index in [1.54, 1.807) is 45.2 Å². The minimum Gasteiger partial charge on any atom is -0.382 e. The van der Waals surface area contributed by atoms with E-state index >= 15 is 0 Å². The third-order valence-corrected chi connectivity index (χ3v) is 6.86. The Morgan fingerprint density at radius 2 is 1.83 bits per heavy atom. The quantitative estimate of drug-likeness (QED) is 0.345. The highest BCUT2D eigenvalue weighted by atomic mass is 35.5. The van der Waals surface area contributed by atoms with E-state index in [0.717, 1.165) is 29.6 Å². The van der Waals surface area contributed by atoms with Crippen LogP contribution in [-0.4, -0.2) is 29.6 Å². The van der Waals surface area contributed by atoms with Crippen LogP contribution in [0.15, 0.2) is 52.5 Å². The van der Waals surface area contributed by atoms with Gasteiger partial charge < -0.3 is 5.11 Å². The van der Waals surface area contributed by atoms with Crippen molar-refractivity contribution < 1.29 is 13.9 Å². The third-order valence-electron chi connectivity index (χ3n) is 5.33. The van der Waals surface area contributed by atoms with Gasteiger partial charge in [0, 0.05) is 34.8 Å². The fraction of sp³-hybridized carbons (Fsp3) is 0.240. The zero-order chi connectivity index (χ0) is 26.2. The summed E-state index contributed by atoms with van der Waals surface area (Å²) in [6.45, 7) is 6.76. The van der Waals surface area contributed by atoms with Crippen molar-refractivity contribution in [2.24, 2.45) is 0 Å². The standard InChI is InChI=1S/C25H22ClF2N5O2S/c1-13-10-30-18(17-5-6-29-24(32-17)25(3,4)35)9-20(13)33-14(2)7-21(22(26)23(33)34)36-12-19-16(28)8-15(27)11-31-19/h5-11,35H,12H2,1-4H3. The Bertz CT molecular complexity index is 1520. The zero-order valence-electron chi connectivity index (χ0n) is 19.9. The molecule has 0 radical (unpaired) electrons. The lowest BCUT2D eigenvalue weighted by atomic mass is 10.1. The first-order chi connectivity index (χ1) is 17.0. The first-order valence-corrected chi connectivity index (χ1v) is 12.2. The second-order valence-electron chi connectivity index (χ2n) is 8.66. The molecule has 0 amide bonds. The highest BCUT2D eigenvalue weighted by molar-refractivity contribution is 7.98. The van der Waals surface area contributed by atoms with Gasteiger partial charge in [0.25, 0.3) is 5.56 Å². The van der Waals surface area contributed by atoms with Gasteiger partial charge in [0.05, 0.1) is 29.0 Å². The topological polar surface area (TPSA) is 93.8 Å². The van der Waals surface area contributed by atoms with Crippen molar-refractivity contribution in [2.45, 2.75) is 43.9 Å². The molecule has 0 fully saturated rings. The molecule has 0 aliphatic heterocycles. The molecule has 11 heteroatoms. The molecule has 0 saturated carbocycles. The summed E-state index contributed by atoms with van der Waals surface area (Å²) in [6.07, 6.45) is 4.10. The molecule has 36 heavy (non-hydrogen) atoms. The second-order valence-corrected chi connectivity index (χ2v) is 10.1. The summed E-state index contributed by atoms with van der Waals surface area (Å²) in [6, 6.07) is 5.88. The number of halogens is 3. The van der Waals surface area contributed by atoms with Crippen molar-refractivity contribution in [1.29, 1.82) is 0 Å². The van der Waals surface area contributed by atoms with Gasteiger partial charge in [0.15, 0.2) is 5.82 Å². The number of nitrogens with zero attached hydrogens (tertiary/aromatic N) is 5. The van der Waals surface area contributed by atoms with Crippen molar-refractivity contribution in [3.63, 3.8) is 0 Å². The van der Waals surface area contributed by atoms with Crippen LogP contribution in [0.5, 0.6) is 0 Å². The average Bonchev–Trinajstić information content (AvgIpc) is 2.82. The lowest BCUT2D eigenvalue weighted by molar-refractivity contribution is 0.0688. The van der Waals surface area contributed by atoms with Gasteiger partial charge in [-0.1, -0.05) is 11.6 Å². The van der Waals surface area contributed by atoms with Crippen molar-refractivity contribution in [1.82, 2.24) is 24.5 Å². The number of aryl methyl sites for hydroxylation is 2. The van der Waals surface area contributed by atoms with E-state index in [-0.39, 0.29) is 22.3 Å². The highest BCUT2D eigenvalue weighted by Gasteiger charge is 2.21. The van der Waals surface area contributed by atoms with Crippen LogP contribution >= 0.6 is 23.4 Å². The van der Waals surface area contributed by atoms with Crippen LogP contribution in [-0.2, 0) is 11.4 Å². The molecule has 186 valence electrons. The maximum Gasteiger partial charge on any atom is 0.275 e. The molecular formula is C25H22ClF2N5O2S. The van der Waals surface area contributed by atoms with Crippen molar-refractivity contribution in [3.8, 4) is 17.1 Å². The summed E-state index contributed by atoms with van der Waals surface area (Å²) in [5.41, 5.74) is 1.24. The Labute approximate surface area is 215 Å². The normalized spacial score (nSPS) is 11.7. The minimum atomic E-state index is -1.23. The summed E-state index contributed by atoms with van der Waals surface area (Å²) in [5.74, 6) is -1.21. The number of thioether (sulfide) groups is 1. The predicted octanol–water partition coefficient (Wildman–Crippen LogP) is 5.15. The largest absolute Gasteiger partial charge is 0.382 e. The second kappa shape index (κ2) is 10.0. The maximum absolute atomic E-state index is 14.0. The number of rotatable bonds is 6. The van der Waals surface area contributed by atoms with Gasteiger partial charge in [-0.05, 0) is 51.5 Å². The summed E-state index contributed by atoms with van der Waals surface area (Å²) in [7, 11) is 0. The number of aliphatic hydroxyl groups is 1. The summed E-state index contributed by atoms with van der Waals surface area (Å²) >= 11 is 7.58. The molecule has 0 saturated heterocycles. The Hall–Kier alpha value is -3.21. The third kappa shape index (κ3) is 5.30. The van der Waals surface area contributed by atoms with Gasteiger partial charge >= 0.3 is 0 Å². The molecule has 0 aliphatic rings. The minimum absolute atomic E-state index is 0.0303. The van der Waals surface area contributed by atoms with Crippen LogP contribution in [0.25, 0.3) is 17.1 Å². The number of pyridine rings is 3. The monoisotopic (exact) mass is 529 g/mol. The molecule has 0 aromatic carbocycles. The van der Waals surface area contributed by atoms with E-state index in [1.165, 1.54) is 10.8 Å². The summed E-state index contributed by atoms with van der Waals surface area (Å²) in [5, 5.41) is 10.2. The first-order valence-electron chi connectivity index (χ1n) is 10.8. The number of hydrogen-bond donors (Lipinski definition) is 1. The smallest absolute Gasteiger partial charge is 0.275 e. The van der Waals surface area contributed by atoms with Crippen LogP contribution in [0, 0.1) is 25.5 Å². The first kappa shape index (κ1) is 25.9. The van der Waals surface area contributed by atoms with Crippen LogP contribution in [0.1, 0.15) is 36.6 Å². The fourth-order valence-electron chi connectivity index (χ4n) is 3.47. The molecule has 0 unspecified atom stereocenters. The molecule has 4 rings (SSSR count). The van der Waals surface area contributed by atoms with E-state index in [1.807, 2.05) is 6.92 Å². The molecule has 0 spiro atoms. The highest BCUT2D eigenvalue weighted by Crippen LogP contribution is 2.30. The molecular weight excluding hydrogens is 508 g/mol. The lowest BCUT2D eigenvalue weighted by Gasteiger charge is -2.17. The van der Waals surface area contributed by atoms with Crippen LogP contribution < -0.4 is 5.56 Å². The molecule has 0 aliphatic carbocycles. The lowest BCUT2D eigenvalue weighted by Crippen LogP contribution is -2.22. The summed E-state index contributed by atoms with van der Waals surface area (Å²) in [4.78, 5) is 30.5. The Kier molecular flexibility index (Phi) is 7.21. The van der Waals surface area contributed by atoms with Gasteiger partial charge in [0.2, 0.25) is 0 Å². The maximum atomic E-state index is 14.0. The molecule has 4 heterocycles. The van der Waals surface area contributed by atoms with Crippen LogP contribution in [0.4, 0.5) is 8.78 Å². The van der Waals surface area contributed by atoms with Gasteiger partial charge in [0.1, 0.15) is 22.3 Å². The summed E-state index contributed by atoms with van der Waals surface area (Å²) < 4.78 is 28.6. The Balaban J connectivity index is 1.72. The van der Waals surface area contributed by atoms with Crippen LogP contribution in [0.3, 0.4) is 0 Å². The van der Waals surface area contributed by atoms with Gasteiger partial charge in [-0.3, -0.25) is 19.3 Å². The van der Waals surface area contributed by atoms with Gasteiger partial charge in [-0.2, -0.15) is 0 Å². The Morgan fingerprint density at radius 1 is 1.08 bits per heavy atom. The SMILES string of the molecule is Cc1cnc(-c2ccnc(C(C)(C)O)n2)cc1-n1c(C)cc(SCc2ncc(F)cc2F)c(Cl)c1=O. The molecule has 0 atom stereocenters. The van der Waals surface area contributed by atoms with E-state index in [9.17, 15) is 18.7 Å².